The van der Waals surface area contributed by atoms with Crippen LogP contribution in [0.15, 0.2) is 48.5 Å². The number of carbonyl (C=O) groups excluding carboxylic acids is 2. The molecule has 3 amide bonds. The minimum absolute atomic E-state index is 0.0267. The second-order valence-electron chi connectivity index (χ2n) is 7.99. The minimum Gasteiger partial charge on any atom is -0.508 e. The molecule has 0 fully saturated rings. The first-order chi connectivity index (χ1) is 13.1. The first kappa shape index (κ1) is 21.3. The molecule has 0 spiro atoms. The van der Waals surface area contributed by atoms with Crippen LogP contribution < -0.4 is 16.0 Å². The molecule has 2 aromatic rings. The van der Waals surface area contributed by atoms with Crippen LogP contribution in [0.2, 0.25) is 0 Å². The minimum atomic E-state index is -0.329. The zero-order chi connectivity index (χ0) is 20.7. The molecule has 4 N–H and O–H groups in total. The molecule has 2 aromatic carbocycles. The van der Waals surface area contributed by atoms with Crippen molar-refractivity contribution < 1.29 is 14.7 Å². The van der Waals surface area contributed by atoms with E-state index >= 15 is 0 Å². The van der Waals surface area contributed by atoms with Crippen LogP contribution in [0.1, 0.15) is 50.0 Å². The number of amides is 3. The summed E-state index contributed by atoms with van der Waals surface area (Å²) in [6.45, 7) is 7.69. The molecule has 150 valence electrons. The number of rotatable bonds is 6. The van der Waals surface area contributed by atoms with Gasteiger partial charge in [-0.2, -0.15) is 0 Å². The van der Waals surface area contributed by atoms with Crippen LogP contribution in [0, 0.1) is 0 Å². The second-order valence-corrected chi connectivity index (χ2v) is 7.99. The highest BCUT2D eigenvalue weighted by molar-refractivity contribution is 5.97. The lowest BCUT2D eigenvalue weighted by atomic mass is 10.1. The molecule has 1 unspecified atom stereocenters. The average molecular weight is 383 g/mol. The van der Waals surface area contributed by atoms with Crippen LogP contribution in [0.4, 0.5) is 10.5 Å². The number of aromatic hydroxyl groups is 1. The van der Waals surface area contributed by atoms with Gasteiger partial charge in [-0.05, 0) is 76.4 Å². The van der Waals surface area contributed by atoms with Gasteiger partial charge in [0, 0.05) is 22.8 Å². The van der Waals surface area contributed by atoms with Crippen molar-refractivity contribution in [2.24, 2.45) is 0 Å². The van der Waals surface area contributed by atoms with Crippen LogP contribution in [0.3, 0.4) is 0 Å². The molecule has 0 aromatic heterocycles. The maximum atomic E-state index is 12.3. The smallest absolute Gasteiger partial charge is 0.319 e. The summed E-state index contributed by atoms with van der Waals surface area (Å²) < 4.78 is 0. The molecule has 28 heavy (non-hydrogen) atoms. The predicted octanol–water partition coefficient (Wildman–Crippen LogP) is 4.06. The number of benzene rings is 2. The van der Waals surface area contributed by atoms with Gasteiger partial charge in [-0.15, -0.1) is 0 Å². The number of nitrogens with one attached hydrogen (secondary N) is 3. The van der Waals surface area contributed by atoms with Gasteiger partial charge in [-0.3, -0.25) is 4.79 Å². The number of anilines is 1. The lowest BCUT2D eigenvalue weighted by Crippen LogP contribution is -2.40. The van der Waals surface area contributed by atoms with Gasteiger partial charge in [-0.1, -0.05) is 18.2 Å². The van der Waals surface area contributed by atoms with Gasteiger partial charge >= 0.3 is 6.03 Å². The normalized spacial score (nSPS) is 12.1. The van der Waals surface area contributed by atoms with E-state index < -0.39 is 0 Å². The van der Waals surface area contributed by atoms with Crippen LogP contribution >= 0.6 is 0 Å². The molecule has 0 radical (unpaired) electrons. The third-order valence-corrected chi connectivity index (χ3v) is 4.05. The number of hydrogen-bond donors (Lipinski definition) is 4. The molecule has 1 atom stereocenters. The van der Waals surface area contributed by atoms with Crippen molar-refractivity contribution in [3.8, 4) is 5.75 Å². The molecule has 0 bridgehead atoms. The van der Waals surface area contributed by atoms with Crippen molar-refractivity contribution >= 4 is 17.6 Å². The SMILES string of the molecule is CC(CCc1ccc(O)cc1)NC(=O)Nc1cccc(C(=O)NC(C)(C)C)c1. The molecular formula is C22H29N3O3. The fourth-order valence-corrected chi connectivity index (χ4v) is 2.66. The van der Waals surface area contributed by atoms with E-state index in [4.69, 9.17) is 0 Å². The Morgan fingerprint density at radius 1 is 1.07 bits per heavy atom. The van der Waals surface area contributed by atoms with Gasteiger partial charge in [0.2, 0.25) is 0 Å². The van der Waals surface area contributed by atoms with Gasteiger partial charge in [0.1, 0.15) is 5.75 Å². The molecule has 0 saturated heterocycles. The van der Waals surface area contributed by atoms with E-state index in [0.717, 1.165) is 18.4 Å². The van der Waals surface area contributed by atoms with E-state index in [1.807, 2.05) is 39.8 Å². The zero-order valence-corrected chi connectivity index (χ0v) is 16.9. The molecule has 0 aliphatic carbocycles. The van der Waals surface area contributed by atoms with E-state index in [1.165, 1.54) is 0 Å². The Balaban J connectivity index is 1.85. The third kappa shape index (κ3) is 7.31. The van der Waals surface area contributed by atoms with E-state index in [-0.39, 0.29) is 29.3 Å². The fraction of sp³-hybridized carbons (Fsp3) is 0.364. The quantitative estimate of drug-likeness (QED) is 0.606. The summed E-state index contributed by atoms with van der Waals surface area (Å²) >= 11 is 0. The van der Waals surface area contributed by atoms with Gasteiger partial charge in [0.05, 0.1) is 0 Å². The van der Waals surface area contributed by atoms with E-state index in [0.29, 0.717) is 11.3 Å². The van der Waals surface area contributed by atoms with Crippen LogP contribution in [0.25, 0.3) is 0 Å². The summed E-state index contributed by atoms with van der Waals surface area (Å²) in [4.78, 5) is 24.5. The number of aryl methyl sites for hydroxylation is 1. The summed E-state index contributed by atoms with van der Waals surface area (Å²) in [6, 6.07) is 13.6. The summed E-state index contributed by atoms with van der Waals surface area (Å²) in [5.74, 6) is 0.0616. The first-order valence-corrected chi connectivity index (χ1v) is 9.40. The Kier molecular flexibility index (Phi) is 7.04. The Bertz CT molecular complexity index is 811. The van der Waals surface area contributed by atoms with Crippen molar-refractivity contribution in [1.29, 1.82) is 0 Å². The number of urea groups is 1. The first-order valence-electron chi connectivity index (χ1n) is 9.40. The van der Waals surface area contributed by atoms with Gasteiger partial charge < -0.3 is 21.1 Å². The Morgan fingerprint density at radius 3 is 2.39 bits per heavy atom. The van der Waals surface area contributed by atoms with E-state index in [2.05, 4.69) is 16.0 Å². The van der Waals surface area contributed by atoms with Crippen LogP contribution in [-0.2, 0) is 6.42 Å². The van der Waals surface area contributed by atoms with Gasteiger partial charge in [-0.25, -0.2) is 4.79 Å². The highest BCUT2D eigenvalue weighted by Gasteiger charge is 2.16. The Labute approximate surface area is 166 Å². The number of phenolic OH excluding ortho intramolecular Hbond substituents is 1. The summed E-state index contributed by atoms with van der Waals surface area (Å²) in [5.41, 5.74) is 1.83. The molecular weight excluding hydrogens is 354 g/mol. The standard InChI is InChI=1S/C22H29N3O3/c1-15(8-9-16-10-12-19(26)13-11-16)23-21(28)24-18-7-5-6-17(14-18)20(27)25-22(2,3)4/h5-7,10-15,26H,8-9H2,1-4H3,(H,25,27)(H2,23,24,28). The Morgan fingerprint density at radius 2 is 1.75 bits per heavy atom. The van der Waals surface area contributed by atoms with Gasteiger partial charge in [0.15, 0.2) is 0 Å². The number of phenols is 1. The lowest BCUT2D eigenvalue weighted by Gasteiger charge is -2.20. The maximum absolute atomic E-state index is 12.3. The molecule has 6 nitrogen and oxygen atoms in total. The molecule has 6 heteroatoms. The summed E-state index contributed by atoms with van der Waals surface area (Å²) in [7, 11) is 0. The third-order valence-electron chi connectivity index (χ3n) is 4.05. The van der Waals surface area contributed by atoms with Crippen LogP contribution in [0.5, 0.6) is 5.75 Å². The highest BCUT2D eigenvalue weighted by Crippen LogP contribution is 2.13. The molecule has 0 saturated carbocycles. The number of hydrogen-bond acceptors (Lipinski definition) is 3. The highest BCUT2D eigenvalue weighted by atomic mass is 16.3. The maximum Gasteiger partial charge on any atom is 0.319 e. The average Bonchev–Trinajstić information content (AvgIpc) is 2.60. The van der Waals surface area contributed by atoms with Crippen LogP contribution in [-0.4, -0.2) is 28.6 Å². The predicted molar refractivity (Wildman–Crippen MR) is 112 cm³/mol. The fourth-order valence-electron chi connectivity index (χ4n) is 2.66. The molecule has 2 rings (SSSR count). The summed E-state index contributed by atoms with van der Waals surface area (Å²) in [5, 5.41) is 17.9. The molecule has 0 aliphatic rings. The lowest BCUT2D eigenvalue weighted by molar-refractivity contribution is 0.0919. The van der Waals surface area contributed by atoms with Crippen molar-refractivity contribution in [1.82, 2.24) is 10.6 Å². The van der Waals surface area contributed by atoms with Crippen molar-refractivity contribution in [2.75, 3.05) is 5.32 Å². The molecule has 0 aliphatic heterocycles. The number of carbonyl (C=O) groups is 2. The van der Waals surface area contributed by atoms with Gasteiger partial charge in [0.25, 0.3) is 5.91 Å². The van der Waals surface area contributed by atoms with E-state index in [1.54, 1.807) is 36.4 Å². The second kappa shape index (κ2) is 9.26. The van der Waals surface area contributed by atoms with Crippen molar-refractivity contribution in [2.45, 2.75) is 52.1 Å². The zero-order valence-electron chi connectivity index (χ0n) is 16.9. The topological polar surface area (TPSA) is 90.5 Å². The Hall–Kier alpha value is -3.02. The van der Waals surface area contributed by atoms with Crippen molar-refractivity contribution in [3.63, 3.8) is 0 Å². The largest absolute Gasteiger partial charge is 0.508 e. The van der Waals surface area contributed by atoms with Crippen molar-refractivity contribution in [3.05, 3.63) is 59.7 Å². The molecule has 0 heterocycles. The monoisotopic (exact) mass is 383 g/mol. The van der Waals surface area contributed by atoms with E-state index in [9.17, 15) is 14.7 Å². The summed E-state index contributed by atoms with van der Waals surface area (Å²) in [6.07, 6.45) is 1.57.